The van der Waals surface area contributed by atoms with Crippen molar-refractivity contribution < 1.29 is 18.3 Å². The van der Waals surface area contributed by atoms with E-state index in [9.17, 15) is 13.6 Å². The van der Waals surface area contributed by atoms with Crippen LogP contribution in [0.5, 0.6) is 0 Å². The number of rotatable bonds is 5. The summed E-state index contributed by atoms with van der Waals surface area (Å²) < 4.78 is 29.4. The largest absolute Gasteiger partial charge is 0.367 e. The zero-order valence-corrected chi connectivity index (χ0v) is 11.3. The van der Waals surface area contributed by atoms with E-state index in [2.05, 4.69) is 36.6 Å². The monoisotopic (exact) mass is 362 g/mol. The van der Waals surface area contributed by atoms with Gasteiger partial charge in [0.1, 0.15) is 13.2 Å². The van der Waals surface area contributed by atoms with E-state index in [4.69, 9.17) is 0 Å². The Morgan fingerprint density at radius 3 is 2.67 bits per heavy atom. The predicted molar refractivity (Wildman–Crippen MR) is 60.9 cm³/mol. The van der Waals surface area contributed by atoms with Crippen LogP contribution in [0.4, 0.5) is 8.78 Å². The van der Waals surface area contributed by atoms with E-state index in [-0.39, 0.29) is 12.4 Å². The minimum absolute atomic E-state index is 0.315. The number of ether oxygens (including phenoxy) is 1. The summed E-state index contributed by atoms with van der Waals surface area (Å²) in [6, 6.07) is 1.63. The fourth-order valence-electron chi connectivity index (χ4n) is 0.849. The third-order valence-electron chi connectivity index (χ3n) is 1.43. The molecule has 1 heterocycles. The number of hydrogen-bond acceptors (Lipinski definition) is 3. The van der Waals surface area contributed by atoms with Gasteiger partial charge in [-0.25, -0.2) is 8.78 Å². The molecule has 2 nitrogen and oxygen atoms in total. The number of ketones is 1. The topological polar surface area (TPSA) is 26.3 Å². The van der Waals surface area contributed by atoms with Crippen LogP contribution >= 0.6 is 43.2 Å². The number of halogens is 4. The summed E-state index contributed by atoms with van der Waals surface area (Å²) in [6.45, 7) is -1.04. The van der Waals surface area contributed by atoms with Crippen molar-refractivity contribution in [2.24, 2.45) is 0 Å². The van der Waals surface area contributed by atoms with Gasteiger partial charge in [0.15, 0.2) is 5.78 Å². The van der Waals surface area contributed by atoms with Gasteiger partial charge in [-0.2, -0.15) is 0 Å². The highest BCUT2D eigenvalue weighted by Crippen LogP contribution is 2.32. The average molecular weight is 364 g/mol. The summed E-state index contributed by atoms with van der Waals surface area (Å²) in [5.74, 6) is -0.315. The van der Waals surface area contributed by atoms with Gasteiger partial charge in [-0.15, -0.1) is 11.3 Å². The third-order valence-corrected chi connectivity index (χ3v) is 3.77. The summed E-state index contributed by atoms with van der Waals surface area (Å²) in [5.41, 5.74) is 0.446. The van der Waals surface area contributed by atoms with E-state index in [0.29, 0.717) is 9.35 Å². The molecule has 0 unspecified atom stereocenters. The molecule has 7 heteroatoms. The highest BCUT2D eigenvalue weighted by atomic mass is 79.9. The lowest BCUT2D eigenvalue weighted by molar-refractivity contribution is 0.0196. The van der Waals surface area contributed by atoms with Gasteiger partial charge < -0.3 is 4.74 Å². The van der Waals surface area contributed by atoms with E-state index in [0.717, 1.165) is 3.79 Å². The first-order valence-corrected chi connectivity index (χ1v) is 6.25. The molecular weight excluding hydrogens is 358 g/mol. The minimum atomic E-state index is -2.55. The van der Waals surface area contributed by atoms with Gasteiger partial charge in [0, 0.05) is 5.56 Å². The van der Waals surface area contributed by atoms with Gasteiger partial charge >= 0.3 is 0 Å². The Balaban J connectivity index is 2.50. The second-order valence-corrected chi connectivity index (χ2v) is 6.32. The van der Waals surface area contributed by atoms with Crippen molar-refractivity contribution in [2.75, 3.05) is 13.2 Å². The molecule has 0 aliphatic rings. The number of hydrogen-bond donors (Lipinski definition) is 0. The van der Waals surface area contributed by atoms with Crippen LogP contribution < -0.4 is 0 Å². The quantitative estimate of drug-likeness (QED) is 0.745. The van der Waals surface area contributed by atoms with E-state index in [1.807, 2.05) is 0 Å². The standard InChI is InChI=1S/C8H6Br2F2O2S/c9-6-1-4(8(10)15-6)5(13)2-14-3-7(11)12/h1,7H,2-3H2. The molecule has 0 aliphatic heterocycles. The van der Waals surface area contributed by atoms with Crippen LogP contribution in [0.25, 0.3) is 0 Å². The lowest BCUT2D eigenvalue weighted by Gasteiger charge is -2.01. The molecule has 1 aromatic heterocycles. The summed E-state index contributed by atoms with van der Waals surface area (Å²) in [4.78, 5) is 11.4. The summed E-state index contributed by atoms with van der Waals surface area (Å²) in [6.07, 6.45) is -2.55. The van der Waals surface area contributed by atoms with Gasteiger partial charge in [0.25, 0.3) is 6.43 Å². The molecule has 0 bridgehead atoms. The molecule has 0 saturated heterocycles. The highest BCUT2D eigenvalue weighted by molar-refractivity contribution is 9.12. The van der Waals surface area contributed by atoms with Crippen LogP contribution in [0.3, 0.4) is 0 Å². The molecule has 0 fully saturated rings. The Kier molecular flexibility index (Phi) is 5.31. The van der Waals surface area contributed by atoms with Crippen molar-refractivity contribution in [2.45, 2.75) is 6.43 Å². The Labute approximate surface area is 106 Å². The fourth-order valence-corrected chi connectivity index (χ4v) is 3.70. The first-order chi connectivity index (χ1) is 7.00. The van der Waals surface area contributed by atoms with Crippen LogP contribution in [0.2, 0.25) is 0 Å². The second kappa shape index (κ2) is 6.03. The molecule has 1 aromatic rings. The molecule has 84 valence electrons. The molecule has 1 rings (SSSR count). The van der Waals surface area contributed by atoms with Crippen molar-refractivity contribution in [1.82, 2.24) is 0 Å². The average Bonchev–Trinajstić information content (AvgIpc) is 2.44. The zero-order chi connectivity index (χ0) is 11.4. The Hall–Kier alpha value is 0.150. The van der Waals surface area contributed by atoms with Gasteiger partial charge in [-0.3, -0.25) is 4.79 Å². The van der Waals surface area contributed by atoms with Crippen molar-refractivity contribution in [3.63, 3.8) is 0 Å². The SMILES string of the molecule is O=C(COCC(F)F)c1cc(Br)sc1Br. The summed E-state index contributed by atoms with van der Waals surface area (Å²) >= 11 is 7.77. The fraction of sp³-hybridized carbons (Fsp3) is 0.375. The molecular formula is C8H6Br2F2O2S. The number of thiophene rings is 1. The molecule has 0 N–H and O–H groups in total. The first-order valence-electron chi connectivity index (χ1n) is 3.84. The van der Waals surface area contributed by atoms with E-state index in [1.165, 1.54) is 11.3 Å². The highest BCUT2D eigenvalue weighted by Gasteiger charge is 2.14. The summed E-state index contributed by atoms with van der Waals surface area (Å²) in [7, 11) is 0. The number of Topliss-reactive ketones (excluding diaryl/α,β-unsaturated/α-hetero) is 1. The lowest BCUT2D eigenvalue weighted by Crippen LogP contribution is -2.13. The Bertz CT molecular complexity index is 354. The third kappa shape index (κ3) is 4.26. The van der Waals surface area contributed by atoms with Crippen molar-refractivity contribution in [3.8, 4) is 0 Å². The van der Waals surface area contributed by atoms with Crippen LogP contribution in [0.1, 0.15) is 10.4 Å². The number of alkyl halides is 2. The molecule has 0 amide bonds. The molecule has 0 spiro atoms. The normalized spacial score (nSPS) is 11.0. The molecule has 0 aromatic carbocycles. The predicted octanol–water partition coefficient (Wildman–Crippen LogP) is 3.74. The van der Waals surface area contributed by atoms with E-state index in [1.54, 1.807) is 6.07 Å². The van der Waals surface area contributed by atoms with Crippen LogP contribution in [-0.2, 0) is 4.74 Å². The van der Waals surface area contributed by atoms with Gasteiger partial charge in [-0.1, -0.05) is 0 Å². The lowest BCUT2D eigenvalue weighted by atomic mass is 10.2. The second-order valence-electron chi connectivity index (χ2n) is 2.57. The van der Waals surface area contributed by atoms with Crippen LogP contribution in [-0.4, -0.2) is 25.4 Å². The van der Waals surface area contributed by atoms with Crippen molar-refractivity contribution in [1.29, 1.82) is 0 Å². The Morgan fingerprint density at radius 2 is 2.20 bits per heavy atom. The maximum absolute atomic E-state index is 11.7. The molecule has 0 saturated carbocycles. The van der Waals surface area contributed by atoms with Gasteiger partial charge in [0.2, 0.25) is 0 Å². The number of carbonyl (C=O) groups is 1. The molecule has 0 aliphatic carbocycles. The van der Waals surface area contributed by atoms with Crippen molar-refractivity contribution >= 4 is 49.0 Å². The molecule has 0 radical (unpaired) electrons. The molecule has 0 atom stereocenters. The van der Waals surface area contributed by atoms with E-state index >= 15 is 0 Å². The first kappa shape index (κ1) is 13.2. The minimum Gasteiger partial charge on any atom is -0.367 e. The summed E-state index contributed by atoms with van der Waals surface area (Å²) in [5, 5.41) is 0. The van der Waals surface area contributed by atoms with Crippen molar-refractivity contribution in [3.05, 3.63) is 19.2 Å². The van der Waals surface area contributed by atoms with Crippen LogP contribution in [0, 0.1) is 0 Å². The van der Waals surface area contributed by atoms with Gasteiger partial charge in [-0.05, 0) is 37.9 Å². The maximum atomic E-state index is 11.7. The number of carbonyl (C=O) groups excluding carboxylic acids is 1. The smallest absolute Gasteiger partial charge is 0.261 e. The van der Waals surface area contributed by atoms with Crippen LogP contribution in [0.15, 0.2) is 13.6 Å². The Morgan fingerprint density at radius 1 is 1.53 bits per heavy atom. The maximum Gasteiger partial charge on any atom is 0.261 e. The van der Waals surface area contributed by atoms with E-state index < -0.39 is 13.0 Å². The zero-order valence-electron chi connectivity index (χ0n) is 7.31. The molecule has 15 heavy (non-hydrogen) atoms. The van der Waals surface area contributed by atoms with Gasteiger partial charge in [0.05, 0.1) is 7.57 Å².